The minimum Gasteiger partial charge on any atom is -0.367 e. The summed E-state index contributed by atoms with van der Waals surface area (Å²) < 4.78 is 8.32. The first-order valence-corrected chi connectivity index (χ1v) is 8.06. The van der Waals surface area contributed by atoms with Gasteiger partial charge in [0.2, 0.25) is 0 Å². The summed E-state index contributed by atoms with van der Waals surface area (Å²) in [6.45, 7) is 4.17. The summed E-state index contributed by atoms with van der Waals surface area (Å²) in [6, 6.07) is 8.37. The summed E-state index contributed by atoms with van der Waals surface area (Å²) in [5.74, 6) is 0. The fraction of sp³-hybridized carbons (Fsp3) is 0.588. The van der Waals surface area contributed by atoms with Gasteiger partial charge in [-0.2, -0.15) is 5.10 Å². The molecule has 0 bridgehead atoms. The van der Waals surface area contributed by atoms with Crippen LogP contribution in [0.3, 0.4) is 0 Å². The van der Waals surface area contributed by atoms with E-state index in [0.717, 1.165) is 25.1 Å². The zero-order valence-electron chi connectivity index (χ0n) is 12.8. The van der Waals surface area contributed by atoms with Crippen molar-refractivity contribution in [2.24, 2.45) is 5.73 Å². The number of fused-ring (bicyclic) bond motifs is 1. The van der Waals surface area contributed by atoms with E-state index < -0.39 is 0 Å². The third-order valence-corrected chi connectivity index (χ3v) is 4.69. The van der Waals surface area contributed by atoms with E-state index in [1.807, 2.05) is 4.68 Å². The van der Waals surface area contributed by atoms with Gasteiger partial charge < -0.3 is 10.5 Å². The van der Waals surface area contributed by atoms with Gasteiger partial charge in [0.05, 0.1) is 23.4 Å². The smallest absolute Gasteiger partial charge is 0.0960 e. The highest BCUT2D eigenvalue weighted by Gasteiger charge is 2.31. The van der Waals surface area contributed by atoms with Crippen LogP contribution >= 0.6 is 0 Å². The van der Waals surface area contributed by atoms with Crippen molar-refractivity contribution in [2.45, 2.75) is 57.8 Å². The molecule has 21 heavy (non-hydrogen) atoms. The molecule has 0 unspecified atom stereocenters. The van der Waals surface area contributed by atoms with Crippen LogP contribution in [0, 0.1) is 0 Å². The van der Waals surface area contributed by atoms with Gasteiger partial charge in [-0.15, -0.1) is 0 Å². The van der Waals surface area contributed by atoms with Crippen molar-refractivity contribution in [1.82, 2.24) is 9.78 Å². The number of nitrogens with two attached hydrogens (primary N) is 1. The Labute approximate surface area is 126 Å². The molecule has 1 fully saturated rings. The molecule has 2 N–H and O–H groups in total. The number of ether oxygens (including phenoxy) is 1. The topological polar surface area (TPSA) is 53.1 Å². The summed E-state index contributed by atoms with van der Waals surface area (Å²) in [5.41, 5.74) is 8.08. The van der Waals surface area contributed by atoms with Crippen LogP contribution in [-0.4, -0.2) is 21.9 Å². The molecule has 0 spiro atoms. The summed E-state index contributed by atoms with van der Waals surface area (Å²) in [4.78, 5) is 0. The average Bonchev–Trinajstić information content (AvgIpc) is 2.92. The van der Waals surface area contributed by atoms with Crippen molar-refractivity contribution in [1.29, 1.82) is 0 Å². The molecular formula is C17H25N3O. The van der Waals surface area contributed by atoms with Gasteiger partial charge in [0.25, 0.3) is 0 Å². The van der Waals surface area contributed by atoms with E-state index in [9.17, 15) is 0 Å². The quantitative estimate of drug-likeness (QED) is 0.918. The van der Waals surface area contributed by atoms with E-state index in [2.05, 4.69) is 31.2 Å². The maximum absolute atomic E-state index is 6.27. The molecule has 1 aliphatic rings. The Morgan fingerprint density at radius 2 is 2.00 bits per heavy atom. The SMILES string of the molecule is CCn1nc(COC2(CN)CCCCC2)c2ccccc21. The van der Waals surface area contributed by atoms with Gasteiger partial charge in [-0.3, -0.25) is 4.68 Å². The molecule has 0 atom stereocenters. The number of benzene rings is 1. The number of hydrogen-bond acceptors (Lipinski definition) is 3. The minimum atomic E-state index is -0.130. The van der Waals surface area contributed by atoms with Crippen molar-refractivity contribution >= 4 is 10.9 Å². The second kappa shape index (κ2) is 6.16. The molecule has 0 saturated heterocycles. The Kier molecular flexibility index (Phi) is 4.27. The van der Waals surface area contributed by atoms with Crippen LogP contribution in [-0.2, 0) is 17.9 Å². The van der Waals surface area contributed by atoms with Crippen LogP contribution < -0.4 is 5.73 Å². The van der Waals surface area contributed by atoms with E-state index in [1.54, 1.807) is 0 Å². The van der Waals surface area contributed by atoms with E-state index >= 15 is 0 Å². The molecule has 1 heterocycles. The predicted octanol–water partition coefficient (Wildman–Crippen LogP) is 3.23. The lowest BCUT2D eigenvalue weighted by molar-refractivity contribution is -0.0742. The summed E-state index contributed by atoms with van der Waals surface area (Å²) in [7, 11) is 0. The molecule has 0 amide bonds. The average molecular weight is 287 g/mol. The first kappa shape index (κ1) is 14.5. The first-order valence-electron chi connectivity index (χ1n) is 8.06. The highest BCUT2D eigenvalue weighted by molar-refractivity contribution is 5.81. The zero-order chi connectivity index (χ0) is 14.7. The van der Waals surface area contributed by atoms with Crippen molar-refractivity contribution in [2.75, 3.05) is 6.54 Å². The Morgan fingerprint density at radius 3 is 2.71 bits per heavy atom. The lowest BCUT2D eigenvalue weighted by Crippen LogP contribution is -2.42. The fourth-order valence-electron chi connectivity index (χ4n) is 3.37. The highest BCUT2D eigenvalue weighted by Crippen LogP contribution is 2.32. The third kappa shape index (κ3) is 2.83. The van der Waals surface area contributed by atoms with Gasteiger partial charge in [0, 0.05) is 18.5 Å². The second-order valence-electron chi connectivity index (χ2n) is 6.02. The Morgan fingerprint density at radius 1 is 1.24 bits per heavy atom. The van der Waals surface area contributed by atoms with Crippen molar-refractivity contribution in [3.63, 3.8) is 0 Å². The number of aromatic nitrogens is 2. The summed E-state index contributed by atoms with van der Waals surface area (Å²) in [6.07, 6.45) is 5.91. The predicted molar refractivity (Wildman–Crippen MR) is 85.1 cm³/mol. The maximum Gasteiger partial charge on any atom is 0.0960 e. The molecule has 114 valence electrons. The normalized spacial score (nSPS) is 18.2. The second-order valence-corrected chi connectivity index (χ2v) is 6.02. The Bertz CT molecular complexity index is 599. The van der Waals surface area contributed by atoms with Crippen molar-refractivity contribution in [3.05, 3.63) is 30.0 Å². The van der Waals surface area contributed by atoms with Gasteiger partial charge in [-0.1, -0.05) is 37.5 Å². The Balaban J connectivity index is 1.81. The van der Waals surface area contributed by atoms with Gasteiger partial charge in [0.15, 0.2) is 0 Å². The standard InChI is InChI=1S/C17H25N3O/c1-2-20-16-9-5-4-8-14(16)15(19-20)12-21-17(13-18)10-6-3-7-11-17/h4-5,8-9H,2-3,6-7,10-13,18H2,1H3. The van der Waals surface area contributed by atoms with Crippen molar-refractivity contribution in [3.8, 4) is 0 Å². The molecule has 0 aliphatic heterocycles. The number of rotatable bonds is 5. The molecule has 1 saturated carbocycles. The lowest BCUT2D eigenvalue weighted by Gasteiger charge is -2.36. The van der Waals surface area contributed by atoms with E-state index in [1.165, 1.54) is 30.2 Å². The van der Waals surface area contributed by atoms with Gasteiger partial charge in [-0.25, -0.2) is 0 Å². The number of nitrogens with zero attached hydrogens (tertiary/aromatic N) is 2. The van der Waals surface area contributed by atoms with Gasteiger partial charge >= 0.3 is 0 Å². The summed E-state index contributed by atoms with van der Waals surface area (Å²) in [5, 5.41) is 5.91. The first-order chi connectivity index (χ1) is 10.3. The number of aryl methyl sites for hydroxylation is 1. The van der Waals surface area contributed by atoms with E-state index in [4.69, 9.17) is 15.6 Å². The highest BCUT2D eigenvalue weighted by atomic mass is 16.5. The maximum atomic E-state index is 6.27. The summed E-state index contributed by atoms with van der Waals surface area (Å²) >= 11 is 0. The van der Waals surface area contributed by atoms with Crippen molar-refractivity contribution < 1.29 is 4.74 Å². The molecule has 1 aromatic carbocycles. The fourth-order valence-corrected chi connectivity index (χ4v) is 3.37. The largest absolute Gasteiger partial charge is 0.367 e. The minimum absolute atomic E-state index is 0.130. The van der Waals surface area contributed by atoms with Crippen LogP contribution in [0.25, 0.3) is 10.9 Å². The molecule has 1 aromatic heterocycles. The van der Waals surface area contributed by atoms with E-state index in [0.29, 0.717) is 13.2 Å². The zero-order valence-corrected chi connectivity index (χ0v) is 12.8. The van der Waals surface area contributed by atoms with Crippen LogP contribution in [0.2, 0.25) is 0 Å². The van der Waals surface area contributed by atoms with Crippen LogP contribution in [0.15, 0.2) is 24.3 Å². The molecule has 4 heteroatoms. The van der Waals surface area contributed by atoms with Gasteiger partial charge in [0.1, 0.15) is 0 Å². The van der Waals surface area contributed by atoms with E-state index in [-0.39, 0.29) is 5.60 Å². The number of para-hydroxylation sites is 1. The van der Waals surface area contributed by atoms with Crippen LogP contribution in [0.4, 0.5) is 0 Å². The lowest BCUT2D eigenvalue weighted by atomic mass is 9.84. The van der Waals surface area contributed by atoms with Crippen LogP contribution in [0.5, 0.6) is 0 Å². The molecule has 0 radical (unpaired) electrons. The molecular weight excluding hydrogens is 262 g/mol. The van der Waals surface area contributed by atoms with Crippen LogP contribution in [0.1, 0.15) is 44.7 Å². The molecule has 4 nitrogen and oxygen atoms in total. The Hall–Kier alpha value is -1.39. The van der Waals surface area contributed by atoms with Gasteiger partial charge in [-0.05, 0) is 25.8 Å². The molecule has 1 aliphatic carbocycles. The molecule has 2 aromatic rings. The molecule has 3 rings (SSSR count). The number of hydrogen-bond donors (Lipinski definition) is 1. The monoisotopic (exact) mass is 287 g/mol. The third-order valence-electron chi connectivity index (χ3n) is 4.69.